The normalized spacial score (nSPS) is 21.2. The van der Waals surface area contributed by atoms with Crippen molar-refractivity contribution in [3.63, 3.8) is 0 Å². The van der Waals surface area contributed by atoms with Crippen LogP contribution in [0.5, 0.6) is 0 Å². The van der Waals surface area contributed by atoms with E-state index in [9.17, 15) is 4.79 Å². The van der Waals surface area contributed by atoms with E-state index in [1.165, 1.54) is 4.88 Å². The van der Waals surface area contributed by atoms with Gasteiger partial charge in [0.2, 0.25) is 0 Å². The molecule has 0 spiro atoms. The number of terminal acetylenes is 1. The number of amides is 2. The average Bonchev–Trinajstić information content (AvgIpc) is 2.81. The molecule has 0 radical (unpaired) electrons. The third-order valence-corrected chi connectivity index (χ3v) is 3.75. The van der Waals surface area contributed by atoms with Gasteiger partial charge in [0.25, 0.3) is 0 Å². The topological polar surface area (TPSA) is 58.7 Å². The Hall–Kier alpha value is -1.80. The lowest BCUT2D eigenvalue weighted by Gasteiger charge is -2.26. The Balaban J connectivity index is 2.40. The molecule has 2 unspecified atom stereocenters. The standard InChI is InChI=1S/C12H13N3OS/c1-4-7(2)15-10(11(13)14-12(15)16)9-6-5-8(3)17-9/h1,5-7,10H,2-3H3,(H2,13,14,16). The number of hydrogen-bond acceptors (Lipinski definition) is 3. The number of nitrogens with two attached hydrogens (primary N) is 1. The smallest absolute Gasteiger partial charge is 0.347 e. The van der Waals surface area contributed by atoms with Crippen LogP contribution in [-0.2, 0) is 0 Å². The van der Waals surface area contributed by atoms with Gasteiger partial charge in [-0.2, -0.15) is 4.99 Å². The van der Waals surface area contributed by atoms with Crippen LogP contribution in [0.2, 0.25) is 0 Å². The summed E-state index contributed by atoms with van der Waals surface area (Å²) in [4.78, 5) is 19.2. The summed E-state index contributed by atoms with van der Waals surface area (Å²) in [6.45, 7) is 3.80. The lowest BCUT2D eigenvalue weighted by molar-refractivity contribution is 0.199. The zero-order valence-electron chi connectivity index (χ0n) is 9.68. The van der Waals surface area contributed by atoms with E-state index in [4.69, 9.17) is 12.2 Å². The number of aliphatic imine (C=N–C) groups is 1. The molecule has 5 heteroatoms. The van der Waals surface area contributed by atoms with Gasteiger partial charge in [0.05, 0.1) is 6.04 Å². The van der Waals surface area contributed by atoms with Crippen LogP contribution in [0.3, 0.4) is 0 Å². The summed E-state index contributed by atoms with van der Waals surface area (Å²) in [5.74, 6) is 2.86. The molecule has 1 aromatic rings. The highest BCUT2D eigenvalue weighted by molar-refractivity contribution is 7.12. The van der Waals surface area contributed by atoms with Crippen LogP contribution < -0.4 is 5.73 Å². The van der Waals surface area contributed by atoms with E-state index in [-0.39, 0.29) is 18.1 Å². The predicted octanol–water partition coefficient (Wildman–Crippen LogP) is 1.91. The molecule has 88 valence electrons. The Morgan fingerprint density at radius 2 is 2.35 bits per heavy atom. The summed E-state index contributed by atoms with van der Waals surface area (Å²) in [6.07, 6.45) is 5.37. The fourth-order valence-corrected chi connectivity index (χ4v) is 2.82. The molecule has 2 N–H and O–H groups in total. The number of aryl methyl sites for hydroxylation is 1. The Morgan fingerprint density at radius 3 is 2.88 bits per heavy atom. The van der Waals surface area contributed by atoms with Gasteiger partial charge in [-0.25, -0.2) is 4.79 Å². The minimum atomic E-state index is -0.357. The fourth-order valence-electron chi connectivity index (χ4n) is 1.84. The van der Waals surface area contributed by atoms with Crippen LogP contribution >= 0.6 is 11.3 Å². The van der Waals surface area contributed by atoms with E-state index in [2.05, 4.69) is 10.9 Å². The van der Waals surface area contributed by atoms with Crippen molar-refractivity contribution in [1.82, 2.24) is 4.90 Å². The average molecular weight is 247 g/mol. The van der Waals surface area contributed by atoms with Crippen LogP contribution in [-0.4, -0.2) is 22.8 Å². The van der Waals surface area contributed by atoms with Crippen LogP contribution in [0.15, 0.2) is 17.1 Å². The maximum Gasteiger partial charge on any atom is 0.347 e. The maximum atomic E-state index is 11.7. The van der Waals surface area contributed by atoms with Crippen molar-refractivity contribution >= 4 is 23.2 Å². The second kappa shape index (κ2) is 4.22. The molecule has 2 rings (SSSR count). The van der Waals surface area contributed by atoms with Crippen LogP contribution in [0.1, 0.15) is 22.7 Å². The second-order valence-corrected chi connectivity index (χ2v) is 5.24. The lowest BCUT2D eigenvalue weighted by atomic mass is 10.1. The molecular weight excluding hydrogens is 234 g/mol. The second-order valence-electron chi connectivity index (χ2n) is 3.92. The zero-order chi connectivity index (χ0) is 12.6. The highest BCUT2D eigenvalue weighted by atomic mass is 32.1. The summed E-state index contributed by atoms with van der Waals surface area (Å²) in [5.41, 5.74) is 5.82. The van der Waals surface area contributed by atoms with E-state index in [0.717, 1.165) is 4.88 Å². The first-order valence-electron chi connectivity index (χ1n) is 5.23. The van der Waals surface area contributed by atoms with Crippen molar-refractivity contribution in [2.75, 3.05) is 0 Å². The number of carbonyl (C=O) groups excluding carboxylic acids is 1. The Morgan fingerprint density at radius 1 is 1.65 bits per heavy atom. The van der Waals surface area contributed by atoms with E-state index in [1.807, 2.05) is 19.1 Å². The van der Waals surface area contributed by atoms with Gasteiger partial charge in [0.15, 0.2) is 0 Å². The number of thiophene rings is 1. The van der Waals surface area contributed by atoms with Crippen molar-refractivity contribution in [1.29, 1.82) is 0 Å². The van der Waals surface area contributed by atoms with E-state index in [1.54, 1.807) is 23.2 Å². The summed E-state index contributed by atoms with van der Waals surface area (Å²) in [5, 5.41) is 0. The minimum absolute atomic E-state index is 0.313. The molecule has 1 aliphatic rings. The Bertz CT molecular complexity index is 526. The van der Waals surface area contributed by atoms with Gasteiger partial charge in [-0.3, -0.25) is 4.90 Å². The molecule has 0 aromatic carbocycles. The first kappa shape index (κ1) is 11.7. The first-order chi connectivity index (χ1) is 8.04. The summed E-state index contributed by atoms with van der Waals surface area (Å²) in [6, 6.07) is 2.97. The van der Waals surface area contributed by atoms with Crippen LogP contribution in [0.25, 0.3) is 0 Å². The summed E-state index contributed by atoms with van der Waals surface area (Å²) in [7, 11) is 0. The molecule has 2 heterocycles. The Labute approximate surface area is 104 Å². The SMILES string of the molecule is C#CC(C)N1C(=O)N=C(N)C1c1ccc(C)s1. The third-order valence-electron chi connectivity index (χ3n) is 2.69. The predicted molar refractivity (Wildman–Crippen MR) is 68.9 cm³/mol. The number of urea groups is 1. The lowest BCUT2D eigenvalue weighted by Crippen LogP contribution is -2.38. The molecule has 0 bridgehead atoms. The monoisotopic (exact) mass is 247 g/mol. The van der Waals surface area contributed by atoms with Gasteiger partial charge in [-0.15, -0.1) is 17.8 Å². The van der Waals surface area contributed by atoms with Gasteiger partial charge in [0.1, 0.15) is 11.9 Å². The summed E-state index contributed by atoms with van der Waals surface area (Å²) < 4.78 is 0. The van der Waals surface area contributed by atoms with Gasteiger partial charge >= 0.3 is 6.03 Å². The number of hydrogen-bond donors (Lipinski definition) is 1. The highest BCUT2D eigenvalue weighted by Crippen LogP contribution is 2.33. The van der Waals surface area contributed by atoms with E-state index in [0.29, 0.717) is 5.84 Å². The number of amidine groups is 1. The number of carbonyl (C=O) groups is 1. The maximum absolute atomic E-state index is 11.7. The van der Waals surface area contributed by atoms with Gasteiger partial charge < -0.3 is 5.73 Å². The number of nitrogens with zero attached hydrogens (tertiary/aromatic N) is 2. The van der Waals surface area contributed by atoms with Crippen molar-refractivity contribution in [2.45, 2.75) is 25.9 Å². The zero-order valence-corrected chi connectivity index (χ0v) is 10.5. The van der Waals surface area contributed by atoms with Gasteiger partial charge in [-0.1, -0.05) is 5.92 Å². The molecule has 1 aromatic heterocycles. The molecule has 0 fully saturated rings. The molecule has 2 amide bonds. The highest BCUT2D eigenvalue weighted by Gasteiger charge is 2.37. The van der Waals surface area contributed by atoms with E-state index < -0.39 is 0 Å². The Kier molecular flexibility index (Phi) is 2.90. The van der Waals surface area contributed by atoms with Gasteiger partial charge in [-0.05, 0) is 26.0 Å². The van der Waals surface area contributed by atoms with Crippen molar-refractivity contribution in [2.24, 2.45) is 10.7 Å². The van der Waals surface area contributed by atoms with Crippen molar-refractivity contribution < 1.29 is 4.79 Å². The molecule has 17 heavy (non-hydrogen) atoms. The largest absolute Gasteiger partial charge is 0.385 e. The summed E-state index contributed by atoms with van der Waals surface area (Å²) >= 11 is 1.60. The molecule has 0 saturated carbocycles. The number of rotatable bonds is 2. The molecule has 0 saturated heterocycles. The molecule has 1 aliphatic heterocycles. The van der Waals surface area contributed by atoms with E-state index >= 15 is 0 Å². The minimum Gasteiger partial charge on any atom is -0.385 e. The van der Waals surface area contributed by atoms with Crippen LogP contribution in [0.4, 0.5) is 4.79 Å². The van der Waals surface area contributed by atoms with Crippen molar-refractivity contribution in [3.8, 4) is 12.3 Å². The third kappa shape index (κ3) is 1.92. The quantitative estimate of drug-likeness (QED) is 0.812. The molecule has 0 aliphatic carbocycles. The van der Waals surface area contributed by atoms with Gasteiger partial charge in [0, 0.05) is 9.75 Å². The molecule has 4 nitrogen and oxygen atoms in total. The van der Waals surface area contributed by atoms with Crippen molar-refractivity contribution in [3.05, 3.63) is 21.9 Å². The fraction of sp³-hybridized carbons (Fsp3) is 0.333. The van der Waals surface area contributed by atoms with Crippen LogP contribution in [0, 0.1) is 19.3 Å². The first-order valence-corrected chi connectivity index (χ1v) is 6.05. The molecular formula is C12H13N3OS. The molecule has 2 atom stereocenters.